The second-order valence-corrected chi connectivity index (χ2v) is 6.87. The molecule has 0 aliphatic carbocycles. The van der Waals surface area contributed by atoms with Crippen molar-refractivity contribution in [3.63, 3.8) is 0 Å². The summed E-state index contributed by atoms with van der Waals surface area (Å²) in [6.07, 6.45) is 1.78. The Hall–Kier alpha value is -2.18. The lowest BCUT2D eigenvalue weighted by Crippen LogP contribution is -1.88. The van der Waals surface area contributed by atoms with Crippen LogP contribution in [0, 0.1) is 0 Å². The Labute approximate surface area is 149 Å². The Balaban J connectivity index is 1.70. The number of ether oxygens (including phenoxy) is 2. The maximum Gasteiger partial charge on any atom is 0.193 e. The highest BCUT2D eigenvalue weighted by molar-refractivity contribution is 7.99. The first-order chi connectivity index (χ1) is 11.8. The lowest BCUT2D eigenvalue weighted by Gasteiger charge is -2.05. The fraction of sp³-hybridized carbons (Fsp3) is 0.111. The third-order valence-corrected chi connectivity index (χ3v) is 4.99. The van der Waals surface area contributed by atoms with E-state index >= 15 is 0 Å². The molecule has 1 heterocycles. The van der Waals surface area contributed by atoms with Crippen molar-refractivity contribution in [3.8, 4) is 11.5 Å². The summed E-state index contributed by atoms with van der Waals surface area (Å²) in [6.45, 7) is 0. The average Bonchev–Trinajstić information content (AvgIpc) is 2.63. The molecule has 0 amide bonds. The van der Waals surface area contributed by atoms with Crippen LogP contribution in [0.5, 0.6) is 11.5 Å². The van der Waals surface area contributed by atoms with Gasteiger partial charge in [0.2, 0.25) is 0 Å². The van der Waals surface area contributed by atoms with Crippen LogP contribution in [0.2, 0.25) is 0 Å². The van der Waals surface area contributed by atoms with Crippen molar-refractivity contribution in [1.82, 2.24) is 9.97 Å². The summed E-state index contributed by atoms with van der Waals surface area (Å²) in [5.41, 5.74) is 0. The first-order valence-corrected chi connectivity index (χ1v) is 8.87. The fourth-order valence-corrected chi connectivity index (χ4v) is 3.52. The van der Waals surface area contributed by atoms with Crippen LogP contribution in [-0.4, -0.2) is 24.2 Å². The first kappa shape index (κ1) is 16.7. The number of rotatable bonds is 6. The van der Waals surface area contributed by atoms with Crippen LogP contribution >= 0.6 is 23.5 Å². The summed E-state index contributed by atoms with van der Waals surface area (Å²) in [5, 5.41) is 1.63. The van der Waals surface area contributed by atoms with Gasteiger partial charge in [0.1, 0.15) is 16.5 Å². The Morgan fingerprint density at radius 1 is 0.708 bits per heavy atom. The lowest BCUT2D eigenvalue weighted by molar-refractivity contribution is 0.414. The van der Waals surface area contributed by atoms with Gasteiger partial charge in [0.15, 0.2) is 5.16 Å². The predicted molar refractivity (Wildman–Crippen MR) is 96.3 cm³/mol. The van der Waals surface area contributed by atoms with Gasteiger partial charge < -0.3 is 9.47 Å². The zero-order chi connectivity index (χ0) is 16.8. The van der Waals surface area contributed by atoms with Crippen molar-refractivity contribution in [2.75, 3.05) is 14.2 Å². The second-order valence-electron chi connectivity index (χ2n) is 4.73. The second kappa shape index (κ2) is 8.08. The summed E-state index contributed by atoms with van der Waals surface area (Å²) in [7, 11) is 3.32. The molecule has 2 aromatic carbocycles. The molecule has 1 aromatic heterocycles. The van der Waals surface area contributed by atoms with E-state index in [-0.39, 0.29) is 0 Å². The molecule has 0 N–H and O–H groups in total. The maximum absolute atomic E-state index is 5.17. The first-order valence-electron chi connectivity index (χ1n) is 7.24. The molecule has 24 heavy (non-hydrogen) atoms. The summed E-state index contributed by atoms with van der Waals surface area (Å²) >= 11 is 3.12. The monoisotopic (exact) mass is 356 g/mol. The Morgan fingerprint density at radius 2 is 1.25 bits per heavy atom. The third kappa shape index (κ3) is 4.43. The average molecular weight is 356 g/mol. The number of methoxy groups -OCH3 is 2. The quantitative estimate of drug-likeness (QED) is 0.467. The summed E-state index contributed by atoms with van der Waals surface area (Å²) in [5.74, 6) is 1.68. The predicted octanol–water partition coefficient (Wildman–Crippen LogP) is 4.80. The molecule has 0 fully saturated rings. The number of aromatic nitrogens is 2. The molecule has 0 atom stereocenters. The van der Waals surface area contributed by atoms with Gasteiger partial charge in [0.05, 0.1) is 14.2 Å². The fourth-order valence-electron chi connectivity index (χ4n) is 1.94. The smallest absolute Gasteiger partial charge is 0.193 e. The lowest BCUT2D eigenvalue weighted by atomic mass is 10.3. The number of hydrogen-bond donors (Lipinski definition) is 0. The minimum Gasteiger partial charge on any atom is -0.497 e. The zero-order valence-electron chi connectivity index (χ0n) is 13.3. The van der Waals surface area contributed by atoms with E-state index in [1.807, 2.05) is 54.6 Å². The standard InChI is InChI=1S/C18H16N2O2S2/c1-21-13-3-7-15(8-4-13)23-17-11-12-19-18(20-17)24-16-9-5-14(22-2)6-10-16/h3-12H,1-2H3. The van der Waals surface area contributed by atoms with E-state index in [0.29, 0.717) is 0 Å². The van der Waals surface area contributed by atoms with Crippen molar-refractivity contribution in [1.29, 1.82) is 0 Å². The van der Waals surface area contributed by atoms with Crippen molar-refractivity contribution < 1.29 is 9.47 Å². The van der Waals surface area contributed by atoms with E-state index < -0.39 is 0 Å². The van der Waals surface area contributed by atoms with Crippen LogP contribution in [0.1, 0.15) is 0 Å². The third-order valence-electron chi connectivity index (χ3n) is 3.16. The van der Waals surface area contributed by atoms with Crippen LogP contribution in [0.4, 0.5) is 0 Å². The van der Waals surface area contributed by atoms with E-state index in [1.54, 1.807) is 32.2 Å². The highest BCUT2D eigenvalue weighted by Crippen LogP contribution is 2.31. The number of hydrogen-bond acceptors (Lipinski definition) is 6. The Morgan fingerprint density at radius 3 is 1.79 bits per heavy atom. The van der Waals surface area contributed by atoms with Crippen LogP contribution in [-0.2, 0) is 0 Å². The van der Waals surface area contributed by atoms with Gasteiger partial charge in [0.25, 0.3) is 0 Å². The van der Waals surface area contributed by atoms with Crippen molar-refractivity contribution in [2.24, 2.45) is 0 Å². The number of nitrogens with zero attached hydrogens (tertiary/aromatic N) is 2. The molecule has 0 aliphatic heterocycles. The van der Waals surface area contributed by atoms with E-state index in [9.17, 15) is 0 Å². The van der Waals surface area contributed by atoms with Gasteiger partial charge in [-0.25, -0.2) is 9.97 Å². The molecule has 122 valence electrons. The minimum absolute atomic E-state index is 0.721. The van der Waals surface area contributed by atoms with E-state index in [4.69, 9.17) is 9.47 Å². The van der Waals surface area contributed by atoms with E-state index in [2.05, 4.69) is 9.97 Å². The van der Waals surface area contributed by atoms with Gasteiger partial charge in [-0.15, -0.1) is 0 Å². The van der Waals surface area contributed by atoms with Gasteiger partial charge >= 0.3 is 0 Å². The van der Waals surface area contributed by atoms with Crippen LogP contribution in [0.25, 0.3) is 0 Å². The van der Waals surface area contributed by atoms with Gasteiger partial charge in [0, 0.05) is 16.0 Å². The molecular formula is C18H16N2O2S2. The van der Waals surface area contributed by atoms with Gasteiger partial charge in [-0.05, 0) is 66.4 Å². The minimum atomic E-state index is 0.721. The summed E-state index contributed by atoms with van der Waals surface area (Å²) < 4.78 is 10.3. The van der Waals surface area contributed by atoms with Crippen LogP contribution < -0.4 is 9.47 Å². The largest absolute Gasteiger partial charge is 0.497 e. The highest BCUT2D eigenvalue weighted by atomic mass is 32.2. The molecule has 0 spiro atoms. The van der Waals surface area contributed by atoms with Gasteiger partial charge in [-0.1, -0.05) is 11.8 Å². The van der Waals surface area contributed by atoms with Crippen LogP contribution in [0.3, 0.4) is 0 Å². The van der Waals surface area contributed by atoms with Crippen molar-refractivity contribution >= 4 is 23.5 Å². The molecular weight excluding hydrogens is 340 g/mol. The summed E-state index contributed by atoms with van der Waals surface area (Å²) in [4.78, 5) is 11.1. The molecule has 0 bridgehead atoms. The zero-order valence-corrected chi connectivity index (χ0v) is 14.9. The molecule has 0 unspecified atom stereocenters. The molecule has 0 aliphatic rings. The van der Waals surface area contributed by atoms with Crippen LogP contribution in [0.15, 0.2) is 80.8 Å². The normalized spacial score (nSPS) is 10.4. The molecule has 0 saturated heterocycles. The topological polar surface area (TPSA) is 44.2 Å². The molecule has 3 rings (SSSR count). The maximum atomic E-state index is 5.17. The van der Waals surface area contributed by atoms with Crippen molar-refractivity contribution in [3.05, 3.63) is 60.8 Å². The molecule has 0 saturated carbocycles. The van der Waals surface area contributed by atoms with E-state index in [0.717, 1.165) is 31.5 Å². The molecule has 4 nitrogen and oxygen atoms in total. The number of benzene rings is 2. The van der Waals surface area contributed by atoms with Gasteiger partial charge in [-0.2, -0.15) is 0 Å². The molecule has 3 aromatic rings. The highest BCUT2D eigenvalue weighted by Gasteiger charge is 2.05. The van der Waals surface area contributed by atoms with E-state index in [1.165, 1.54) is 11.8 Å². The SMILES string of the molecule is COc1ccc(Sc2ccnc(Sc3ccc(OC)cc3)n2)cc1. The molecule has 0 radical (unpaired) electrons. The van der Waals surface area contributed by atoms with Crippen molar-refractivity contribution in [2.45, 2.75) is 20.0 Å². The van der Waals surface area contributed by atoms with Gasteiger partial charge in [-0.3, -0.25) is 0 Å². The Bertz CT molecular complexity index is 728. The summed E-state index contributed by atoms with van der Waals surface area (Å²) in [6, 6.07) is 17.7. The molecule has 6 heteroatoms. The Kier molecular flexibility index (Phi) is 5.61.